The summed E-state index contributed by atoms with van der Waals surface area (Å²) in [6.45, 7) is 0. The summed E-state index contributed by atoms with van der Waals surface area (Å²) in [4.78, 5) is 4.02. The third-order valence-electron chi connectivity index (χ3n) is 2.47. The Morgan fingerprint density at radius 3 is 2.61 bits per heavy atom. The molecule has 0 atom stereocenters. The Kier molecular flexibility index (Phi) is 3.95. The molecule has 18 heavy (non-hydrogen) atoms. The van der Waals surface area contributed by atoms with Crippen LogP contribution >= 0.6 is 11.6 Å². The lowest BCUT2D eigenvalue weighted by atomic mass is 10.0. The van der Waals surface area contributed by atoms with Crippen molar-refractivity contribution in [1.29, 1.82) is 0 Å². The van der Waals surface area contributed by atoms with Crippen molar-refractivity contribution in [2.75, 3.05) is 7.11 Å². The highest BCUT2D eigenvalue weighted by atomic mass is 35.5. The van der Waals surface area contributed by atoms with Gasteiger partial charge in [-0.05, 0) is 35.4 Å². The van der Waals surface area contributed by atoms with Crippen LogP contribution in [0.2, 0.25) is 5.15 Å². The summed E-state index contributed by atoms with van der Waals surface area (Å²) in [6.07, 6.45) is 4.87. The molecule has 0 aliphatic heterocycles. The van der Waals surface area contributed by atoms with Crippen LogP contribution in [0.5, 0.6) is 0 Å². The molecule has 2 aromatic rings. The summed E-state index contributed by atoms with van der Waals surface area (Å²) >= 11 is 6.05. The fraction of sp³-hybridized carbons (Fsp3) is 0.0714. The van der Waals surface area contributed by atoms with Gasteiger partial charge in [0.25, 0.3) is 0 Å². The largest absolute Gasteiger partial charge is 0.504 e. The summed E-state index contributed by atoms with van der Waals surface area (Å²) in [5.41, 5.74) is 2.49. The Bertz CT molecular complexity index is 567. The molecule has 0 spiro atoms. The van der Waals surface area contributed by atoms with Gasteiger partial charge in [-0.2, -0.15) is 0 Å². The van der Waals surface area contributed by atoms with Crippen molar-refractivity contribution >= 4 is 17.7 Å². The average molecular weight is 264 g/mol. The molecule has 0 saturated carbocycles. The molecule has 4 heteroatoms. The molecule has 2 rings (SSSR count). The average Bonchev–Trinajstić information content (AvgIpc) is 2.38. The normalized spacial score (nSPS) is 10.8. The molecule has 0 aliphatic carbocycles. The van der Waals surface area contributed by atoms with Gasteiger partial charge in [-0.15, -0.1) is 0 Å². The SMILES string of the molecule is CO/C=C/c1c(-c2ccc(F)cc2)ccnc1Cl. The highest BCUT2D eigenvalue weighted by molar-refractivity contribution is 6.31. The molecule has 0 radical (unpaired) electrons. The predicted molar refractivity (Wildman–Crippen MR) is 70.7 cm³/mol. The van der Waals surface area contributed by atoms with Crippen LogP contribution in [-0.2, 0) is 4.74 Å². The number of rotatable bonds is 3. The summed E-state index contributed by atoms with van der Waals surface area (Å²) in [5.74, 6) is -0.270. The number of benzene rings is 1. The van der Waals surface area contributed by atoms with Crippen molar-refractivity contribution < 1.29 is 9.13 Å². The molecule has 0 bridgehead atoms. The number of halogens is 2. The molecule has 1 heterocycles. The zero-order valence-corrected chi connectivity index (χ0v) is 10.5. The molecule has 2 nitrogen and oxygen atoms in total. The van der Waals surface area contributed by atoms with Gasteiger partial charge >= 0.3 is 0 Å². The van der Waals surface area contributed by atoms with Crippen LogP contribution in [0.3, 0.4) is 0 Å². The van der Waals surface area contributed by atoms with E-state index in [0.717, 1.165) is 16.7 Å². The van der Waals surface area contributed by atoms with Crippen molar-refractivity contribution in [3.05, 3.63) is 59.3 Å². The van der Waals surface area contributed by atoms with Gasteiger partial charge in [0.05, 0.1) is 13.4 Å². The summed E-state index contributed by atoms with van der Waals surface area (Å²) in [7, 11) is 1.55. The van der Waals surface area contributed by atoms with E-state index in [0.29, 0.717) is 5.15 Å². The van der Waals surface area contributed by atoms with E-state index in [4.69, 9.17) is 16.3 Å². The molecule has 0 amide bonds. The maximum Gasteiger partial charge on any atom is 0.136 e. The van der Waals surface area contributed by atoms with E-state index in [9.17, 15) is 4.39 Å². The molecule has 0 N–H and O–H groups in total. The summed E-state index contributed by atoms with van der Waals surface area (Å²) in [5, 5.41) is 0.380. The number of nitrogens with zero attached hydrogens (tertiary/aromatic N) is 1. The third kappa shape index (κ3) is 2.68. The monoisotopic (exact) mass is 263 g/mol. The van der Waals surface area contributed by atoms with Gasteiger partial charge in [-0.1, -0.05) is 23.7 Å². The minimum atomic E-state index is -0.270. The van der Waals surface area contributed by atoms with E-state index in [-0.39, 0.29) is 5.82 Å². The molecule has 0 fully saturated rings. The molecule has 1 aromatic carbocycles. The van der Waals surface area contributed by atoms with E-state index < -0.39 is 0 Å². The van der Waals surface area contributed by atoms with Gasteiger partial charge in [0.1, 0.15) is 11.0 Å². The molecule has 0 saturated heterocycles. The lowest BCUT2D eigenvalue weighted by Crippen LogP contribution is -1.88. The standard InChI is InChI=1S/C14H11ClFNO/c1-18-9-7-13-12(6-8-17-14(13)15)10-2-4-11(16)5-3-10/h2-9H,1H3/b9-7+. The van der Waals surface area contributed by atoms with Crippen molar-refractivity contribution in [2.24, 2.45) is 0 Å². The first-order chi connectivity index (χ1) is 8.72. The molecule has 0 aliphatic rings. The van der Waals surface area contributed by atoms with Crippen molar-refractivity contribution in [1.82, 2.24) is 4.98 Å². The predicted octanol–water partition coefficient (Wildman–Crippen LogP) is 4.16. The first kappa shape index (κ1) is 12.6. The molecule has 1 aromatic heterocycles. The van der Waals surface area contributed by atoms with Crippen LogP contribution in [-0.4, -0.2) is 12.1 Å². The smallest absolute Gasteiger partial charge is 0.136 e. The Balaban J connectivity index is 2.53. The van der Waals surface area contributed by atoms with Crippen LogP contribution in [0, 0.1) is 5.82 Å². The van der Waals surface area contributed by atoms with E-state index >= 15 is 0 Å². The lowest BCUT2D eigenvalue weighted by molar-refractivity contribution is 0.341. The van der Waals surface area contributed by atoms with E-state index in [1.807, 2.05) is 6.07 Å². The second kappa shape index (κ2) is 5.65. The van der Waals surface area contributed by atoms with Crippen LogP contribution < -0.4 is 0 Å². The zero-order valence-electron chi connectivity index (χ0n) is 9.73. The number of methoxy groups -OCH3 is 1. The summed E-state index contributed by atoms with van der Waals surface area (Å²) in [6, 6.07) is 8.05. The van der Waals surface area contributed by atoms with Crippen LogP contribution in [0.25, 0.3) is 17.2 Å². The van der Waals surface area contributed by atoms with E-state index in [1.54, 1.807) is 31.5 Å². The highest BCUT2D eigenvalue weighted by Crippen LogP contribution is 2.28. The Hall–Kier alpha value is -1.87. The molecule has 92 valence electrons. The zero-order chi connectivity index (χ0) is 13.0. The molecule has 0 unspecified atom stereocenters. The van der Waals surface area contributed by atoms with Gasteiger partial charge < -0.3 is 4.74 Å². The Labute approximate surface area is 110 Å². The third-order valence-corrected chi connectivity index (χ3v) is 2.77. The fourth-order valence-corrected chi connectivity index (χ4v) is 1.84. The highest BCUT2D eigenvalue weighted by Gasteiger charge is 2.07. The van der Waals surface area contributed by atoms with Crippen LogP contribution in [0.15, 0.2) is 42.8 Å². The number of hydrogen-bond donors (Lipinski definition) is 0. The second-order valence-electron chi connectivity index (χ2n) is 3.61. The maximum atomic E-state index is 12.9. The molecular weight excluding hydrogens is 253 g/mol. The Morgan fingerprint density at radius 1 is 1.22 bits per heavy atom. The maximum absolute atomic E-state index is 12.9. The minimum absolute atomic E-state index is 0.270. The minimum Gasteiger partial charge on any atom is -0.504 e. The van der Waals surface area contributed by atoms with Gasteiger partial charge in [-0.3, -0.25) is 0 Å². The Morgan fingerprint density at radius 2 is 1.94 bits per heavy atom. The van der Waals surface area contributed by atoms with Crippen molar-refractivity contribution in [3.63, 3.8) is 0 Å². The topological polar surface area (TPSA) is 22.1 Å². The van der Waals surface area contributed by atoms with Gasteiger partial charge in [0.2, 0.25) is 0 Å². The quantitative estimate of drug-likeness (QED) is 0.613. The number of pyridine rings is 1. The number of ether oxygens (including phenoxy) is 1. The van der Waals surface area contributed by atoms with Crippen molar-refractivity contribution in [2.45, 2.75) is 0 Å². The van der Waals surface area contributed by atoms with E-state index in [2.05, 4.69) is 4.98 Å². The number of aromatic nitrogens is 1. The second-order valence-corrected chi connectivity index (χ2v) is 3.97. The summed E-state index contributed by atoms with van der Waals surface area (Å²) < 4.78 is 17.8. The molecular formula is C14H11ClFNO. The lowest BCUT2D eigenvalue weighted by Gasteiger charge is -2.07. The van der Waals surface area contributed by atoms with Gasteiger partial charge in [0.15, 0.2) is 0 Å². The first-order valence-electron chi connectivity index (χ1n) is 5.32. The van der Waals surface area contributed by atoms with Gasteiger partial charge in [-0.25, -0.2) is 9.37 Å². The van der Waals surface area contributed by atoms with Crippen molar-refractivity contribution in [3.8, 4) is 11.1 Å². The fourth-order valence-electron chi connectivity index (χ4n) is 1.62. The first-order valence-corrected chi connectivity index (χ1v) is 5.70. The van der Waals surface area contributed by atoms with E-state index in [1.165, 1.54) is 18.4 Å². The van der Waals surface area contributed by atoms with Gasteiger partial charge in [0, 0.05) is 11.8 Å². The van der Waals surface area contributed by atoms with Crippen LogP contribution in [0.1, 0.15) is 5.56 Å². The number of hydrogen-bond acceptors (Lipinski definition) is 2. The van der Waals surface area contributed by atoms with Crippen LogP contribution in [0.4, 0.5) is 4.39 Å².